The molecule has 3 rings (SSSR count). The maximum absolute atomic E-state index is 5.38. The first-order valence-electron chi connectivity index (χ1n) is 6.75. The van der Waals surface area contributed by atoms with E-state index in [-0.39, 0.29) is 0 Å². The quantitative estimate of drug-likeness (QED) is 0.741. The summed E-state index contributed by atoms with van der Waals surface area (Å²) in [7, 11) is 3.27. The summed E-state index contributed by atoms with van der Waals surface area (Å²) in [5.41, 5.74) is 2.98. The predicted octanol–water partition coefficient (Wildman–Crippen LogP) is 3.35. The Hall–Kier alpha value is -2.08. The summed E-state index contributed by atoms with van der Waals surface area (Å²) in [5, 5.41) is 5.71. The van der Waals surface area contributed by atoms with Crippen LogP contribution in [0.3, 0.4) is 0 Å². The molecule has 0 bridgehead atoms. The van der Waals surface area contributed by atoms with Crippen molar-refractivity contribution in [1.29, 1.82) is 0 Å². The van der Waals surface area contributed by atoms with Crippen LogP contribution in [-0.2, 0) is 6.42 Å². The van der Waals surface area contributed by atoms with Crippen molar-refractivity contribution in [2.45, 2.75) is 20.3 Å². The zero-order valence-electron chi connectivity index (χ0n) is 12.5. The molecule has 0 saturated carbocycles. The minimum absolute atomic E-state index is 0.704. The van der Waals surface area contributed by atoms with Crippen LogP contribution < -0.4 is 9.47 Å². The Kier molecular flexibility index (Phi) is 3.55. The zero-order chi connectivity index (χ0) is 15.0. The Balaban J connectivity index is 2.19. The highest BCUT2D eigenvalue weighted by Crippen LogP contribution is 2.34. The molecule has 21 heavy (non-hydrogen) atoms. The van der Waals surface area contributed by atoms with Crippen LogP contribution in [-0.4, -0.2) is 28.8 Å². The Morgan fingerprint density at radius 2 is 1.95 bits per heavy atom. The van der Waals surface area contributed by atoms with Crippen LogP contribution in [0.1, 0.15) is 17.6 Å². The molecule has 0 spiro atoms. The van der Waals surface area contributed by atoms with Gasteiger partial charge in [0.05, 0.1) is 25.6 Å². The fraction of sp³-hybridized carbons (Fsp3) is 0.333. The number of nitrogens with zero attached hydrogens (tertiary/aromatic N) is 3. The number of hydrogen-bond donors (Lipinski definition) is 0. The van der Waals surface area contributed by atoms with Crippen molar-refractivity contribution in [2.75, 3.05) is 14.2 Å². The molecule has 3 aromatic rings. The molecule has 0 aliphatic carbocycles. The highest BCUT2D eigenvalue weighted by molar-refractivity contribution is 7.16. The van der Waals surface area contributed by atoms with E-state index < -0.39 is 0 Å². The van der Waals surface area contributed by atoms with Crippen molar-refractivity contribution in [2.24, 2.45) is 0 Å². The molecule has 0 atom stereocenters. The fourth-order valence-corrected chi connectivity index (χ4v) is 3.23. The second kappa shape index (κ2) is 5.37. The van der Waals surface area contributed by atoms with Gasteiger partial charge in [-0.15, -0.1) is 0 Å². The lowest BCUT2D eigenvalue weighted by Crippen LogP contribution is -1.94. The van der Waals surface area contributed by atoms with Crippen LogP contribution in [0.25, 0.3) is 16.2 Å². The van der Waals surface area contributed by atoms with Crippen molar-refractivity contribution in [3.05, 3.63) is 28.9 Å². The van der Waals surface area contributed by atoms with Crippen molar-refractivity contribution in [3.8, 4) is 22.8 Å². The van der Waals surface area contributed by atoms with Gasteiger partial charge in [0.1, 0.15) is 5.01 Å². The van der Waals surface area contributed by atoms with Crippen molar-refractivity contribution in [3.63, 3.8) is 0 Å². The average molecular weight is 303 g/mol. The van der Waals surface area contributed by atoms with Crippen LogP contribution in [0.15, 0.2) is 18.2 Å². The monoisotopic (exact) mass is 303 g/mol. The van der Waals surface area contributed by atoms with E-state index in [1.807, 2.05) is 29.6 Å². The third-order valence-electron chi connectivity index (χ3n) is 3.38. The summed E-state index contributed by atoms with van der Waals surface area (Å²) < 4.78 is 12.6. The molecule has 2 heterocycles. The van der Waals surface area contributed by atoms with E-state index in [1.54, 1.807) is 25.6 Å². The standard InChI is InChI=1S/C15H17N3O2S/c1-5-13-17-18-14(9(2)16-15(18)21-13)10-6-7-11(19-3)12(8-10)20-4/h6-8H,5H2,1-4H3. The first-order chi connectivity index (χ1) is 10.2. The topological polar surface area (TPSA) is 48.7 Å². The minimum Gasteiger partial charge on any atom is -0.493 e. The molecule has 1 aromatic carbocycles. The molecular formula is C15H17N3O2S. The predicted molar refractivity (Wildman–Crippen MR) is 83.5 cm³/mol. The van der Waals surface area contributed by atoms with Gasteiger partial charge in [0, 0.05) is 5.56 Å². The van der Waals surface area contributed by atoms with Gasteiger partial charge in [-0.2, -0.15) is 5.10 Å². The molecule has 0 saturated heterocycles. The van der Waals surface area contributed by atoms with E-state index in [9.17, 15) is 0 Å². The maximum atomic E-state index is 5.38. The number of aryl methyl sites for hydroxylation is 2. The summed E-state index contributed by atoms with van der Waals surface area (Å²) in [4.78, 5) is 5.53. The Bertz CT molecular complexity index is 792. The third kappa shape index (κ3) is 2.25. The van der Waals surface area contributed by atoms with Crippen molar-refractivity contribution >= 4 is 16.3 Å². The lowest BCUT2D eigenvalue weighted by atomic mass is 10.1. The van der Waals surface area contributed by atoms with Gasteiger partial charge in [-0.25, -0.2) is 9.50 Å². The van der Waals surface area contributed by atoms with Crippen molar-refractivity contribution in [1.82, 2.24) is 14.6 Å². The average Bonchev–Trinajstić information content (AvgIpc) is 3.02. The molecule has 5 nitrogen and oxygen atoms in total. The van der Waals surface area contributed by atoms with E-state index in [4.69, 9.17) is 9.47 Å². The lowest BCUT2D eigenvalue weighted by molar-refractivity contribution is 0.355. The number of hydrogen-bond acceptors (Lipinski definition) is 5. The largest absolute Gasteiger partial charge is 0.493 e. The summed E-state index contributed by atoms with van der Waals surface area (Å²) >= 11 is 1.63. The van der Waals surface area contributed by atoms with Crippen molar-refractivity contribution < 1.29 is 9.47 Å². The van der Waals surface area contributed by atoms with Gasteiger partial charge in [0.25, 0.3) is 0 Å². The van der Waals surface area contributed by atoms with Crippen LogP contribution >= 0.6 is 11.3 Å². The lowest BCUT2D eigenvalue weighted by Gasteiger charge is -2.09. The summed E-state index contributed by atoms with van der Waals surface area (Å²) in [6.45, 7) is 4.10. The number of fused-ring (bicyclic) bond motifs is 1. The summed E-state index contributed by atoms with van der Waals surface area (Å²) in [6.07, 6.45) is 0.915. The van der Waals surface area contributed by atoms with E-state index in [0.717, 1.165) is 33.3 Å². The first-order valence-corrected chi connectivity index (χ1v) is 7.57. The molecule has 0 aliphatic rings. The van der Waals surface area contributed by atoms with Gasteiger partial charge in [-0.3, -0.25) is 0 Å². The van der Waals surface area contributed by atoms with E-state index in [1.165, 1.54) is 0 Å². The van der Waals surface area contributed by atoms with Crippen LogP contribution in [0.4, 0.5) is 0 Å². The molecule has 2 aromatic heterocycles. The molecule has 0 radical (unpaired) electrons. The highest BCUT2D eigenvalue weighted by atomic mass is 32.1. The molecule has 0 unspecified atom stereocenters. The minimum atomic E-state index is 0.704. The number of benzene rings is 1. The van der Waals surface area contributed by atoms with Gasteiger partial charge in [0.2, 0.25) is 4.96 Å². The zero-order valence-corrected chi connectivity index (χ0v) is 13.3. The normalized spacial score (nSPS) is 11.0. The Morgan fingerprint density at radius 3 is 2.62 bits per heavy atom. The molecule has 6 heteroatoms. The highest BCUT2D eigenvalue weighted by Gasteiger charge is 2.16. The fourth-order valence-electron chi connectivity index (χ4n) is 2.35. The molecule has 0 amide bonds. The van der Waals surface area contributed by atoms with Gasteiger partial charge >= 0.3 is 0 Å². The van der Waals surface area contributed by atoms with Gasteiger partial charge in [-0.05, 0) is 31.5 Å². The smallest absolute Gasteiger partial charge is 0.212 e. The van der Waals surface area contributed by atoms with Gasteiger partial charge in [0.15, 0.2) is 11.5 Å². The summed E-state index contributed by atoms with van der Waals surface area (Å²) in [6, 6.07) is 5.86. The molecule has 0 fully saturated rings. The van der Waals surface area contributed by atoms with E-state index in [0.29, 0.717) is 11.5 Å². The number of rotatable bonds is 4. The van der Waals surface area contributed by atoms with Gasteiger partial charge in [-0.1, -0.05) is 18.3 Å². The molecule has 0 N–H and O–H groups in total. The van der Waals surface area contributed by atoms with E-state index >= 15 is 0 Å². The Labute approximate surface area is 127 Å². The van der Waals surface area contributed by atoms with E-state index in [2.05, 4.69) is 17.0 Å². The summed E-state index contributed by atoms with van der Waals surface area (Å²) in [5.74, 6) is 1.42. The first kappa shape index (κ1) is 13.9. The SMILES string of the molecule is CCc1nn2c(-c3ccc(OC)c(OC)c3)c(C)nc2s1. The second-order valence-corrected chi connectivity index (χ2v) is 5.70. The third-order valence-corrected chi connectivity index (χ3v) is 4.43. The molecule has 0 aliphatic heterocycles. The van der Waals surface area contributed by atoms with Gasteiger partial charge < -0.3 is 9.47 Å². The van der Waals surface area contributed by atoms with Crippen LogP contribution in [0.5, 0.6) is 11.5 Å². The van der Waals surface area contributed by atoms with Crippen LogP contribution in [0, 0.1) is 6.92 Å². The maximum Gasteiger partial charge on any atom is 0.212 e. The molecular weight excluding hydrogens is 286 g/mol. The molecule has 110 valence electrons. The Morgan fingerprint density at radius 1 is 1.19 bits per heavy atom. The number of imidazole rings is 1. The number of methoxy groups -OCH3 is 2. The second-order valence-electron chi connectivity index (χ2n) is 4.66. The number of aromatic nitrogens is 3. The number of ether oxygens (including phenoxy) is 2. The van der Waals surface area contributed by atoms with Crippen LogP contribution in [0.2, 0.25) is 0 Å².